The smallest absolute Gasteiger partial charge is 0.232 e. The predicted molar refractivity (Wildman–Crippen MR) is 157 cm³/mol. The highest BCUT2D eigenvalue weighted by molar-refractivity contribution is 6.30. The molecule has 1 aromatic heterocycles. The van der Waals surface area contributed by atoms with Crippen LogP contribution in [0.25, 0.3) is 0 Å². The zero-order chi connectivity index (χ0) is 26.6. The summed E-state index contributed by atoms with van der Waals surface area (Å²) in [5.41, 5.74) is 7.30. The molecule has 6 heteroatoms. The molecule has 194 valence electrons. The van der Waals surface area contributed by atoms with E-state index in [2.05, 4.69) is 54.6 Å². The summed E-state index contributed by atoms with van der Waals surface area (Å²) >= 11 is 6.23. The van der Waals surface area contributed by atoms with E-state index in [0.717, 1.165) is 45.7 Å². The molecule has 5 nitrogen and oxygen atoms in total. The zero-order valence-electron chi connectivity index (χ0n) is 22.0. The average molecular weight is 525 g/mol. The number of nitrogens with one attached hydrogen (secondary N) is 2. The number of amides is 1. The Morgan fingerprint density at radius 1 is 0.921 bits per heavy atom. The van der Waals surface area contributed by atoms with Crippen LogP contribution in [0.4, 0.5) is 17.1 Å². The van der Waals surface area contributed by atoms with E-state index in [9.17, 15) is 4.79 Å². The molecule has 5 rings (SSSR count). The molecular formula is C32H33ClN4O. The van der Waals surface area contributed by atoms with Gasteiger partial charge in [-0.3, -0.25) is 9.78 Å². The number of aromatic nitrogens is 1. The van der Waals surface area contributed by atoms with Crippen LogP contribution in [-0.4, -0.2) is 16.9 Å². The molecular weight excluding hydrogens is 492 g/mol. The summed E-state index contributed by atoms with van der Waals surface area (Å²) in [6.07, 6.45) is 5.00. The van der Waals surface area contributed by atoms with Gasteiger partial charge in [-0.25, -0.2) is 0 Å². The Balaban J connectivity index is 1.50. The third kappa shape index (κ3) is 5.53. The molecule has 2 heterocycles. The molecule has 0 fully saturated rings. The van der Waals surface area contributed by atoms with Crippen LogP contribution in [0.1, 0.15) is 61.5 Å². The normalized spacial score (nSPS) is 16.5. The minimum absolute atomic E-state index is 0.0750. The molecule has 0 aliphatic carbocycles. The van der Waals surface area contributed by atoms with Gasteiger partial charge in [0.25, 0.3) is 0 Å². The second-order valence-corrected chi connectivity index (χ2v) is 10.4. The van der Waals surface area contributed by atoms with E-state index in [4.69, 9.17) is 11.6 Å². The van der Waals surface area contributed by atoms with Gasteiger partial charge in [0.2, 0.25) is 5.91 Å². The Morgan fingerprint density at radius 2 is 1.61 bits per heavy atom. The third-order valence-electron chi connectivity index (χ3n) is 7.25. The van der Waals surface area contributed by atoms with E-state index in [1.54, 1.807) is 12.4 Å². The van der Waals surface area contributed by atoms with Crippen LogP contribution >= 0.6 is 11.6 Å². The van der Waals surface area contributed by atoms with Gasteiger partial charge in [0.1, 0.15) is 0 Å². The molecule has 0 saturated heterocycles. The van der Waals surface area contributed by atoms with Gasteiger partial charge in [-0.15, -0.1) is 0 Å². The molecule has 4 aromatic rings. The van der Waals surface area contributed by atoms with E-state index in [0.29, 0.717) is 17.5 Å². The summed E-state index contributed by atoms with van der Waals surface area (Å²) < 4.78 is 0. The lowest BCUT2D eigenvalue weighted by atomic mass is 9.87. The number of hydrogen-bond donors (Lipinski definition) is 2. The summed E-state index contributed by atoms with van der Waals surface area (Å²) in [7, 11) is 0. The molecule has 1 amide bonds. The maximum atomic E-state index is 13.6. The van der Waals surface area contributed by atoms with Gasteiger partial charge in [-0.05, 0) is 103 Å². The molecule has 0 bridgehead atoms. The SMILES string of the molecule is CCC(C)Nc1ccc2c(c1)C(c1ccc(Cl)cc1)N(c1ccc(NC(C)c3ccncc3)cc1)C(=O)C2. The maximum absolute atomic E-state index is 13.6. The topological polar surface area (TPSA) is 57.3 Å². The van der Waals surface area contributed by atoms with Gasteiger partial charge in [0, 0.05) is 46.6 Å². The van der Waals surface area contributed by atoms with Crippen molar-refractivity contribution in [1.29, 1.82) is 0 Å². The fourth-order valence-electron chi connectivity index (χ4n) is 4.99. The summed E-state index contributed by atoms with van der Waals surface area (Å²) in [5.74, 6) is 0.0750. The average Bonchev–Trinajstić information content (AvgIpc) is 2.94. The van der Waals surface area contributed by atoms with Gasteiger partial charge in [-0.2, -0.15) is 0 Å². The molecule has 1 aliphatic heterocycles. The summed E-state index contributed by atoms with van der Waals surface area (Å²) in [6, 6.07) is 26.6. The van der Waals surface area contributed by atoms with Crippen molar-refractivity contribution in [2.75, 3.05) is 15.5 Å². The first kappa shape index (κ1) is 25.8. The molecule has 0 radical (unpaired) electrons. The van der Waals surface area contributed by atoms with Crippen LogP contribution < -0.4 is 15.5 Å². The van der Waals surface area contributed by atoms with Gasteiger partial charge in [0.15, 0.2) is 0 Å². The summed E-state index contributed by atoms with van der Waals surface area (Å²) in [4.78, 5) is 19.7. The minimum Gasteiger partial charge on any atom is -0.383 e. The molecule has 3 unspecified atom stereocenters. The zero-order valence-corrected chi connectivity index (χ0v) is 22.7. The van der Waals surface area contributed by atoms with E-state index in [-0.39, 0.29) is 18.0 Å². The van der Waals surface area contributed by atoms with Crippen molar-refractivity contribution in [3.05, 3.63) is 119 Å². The van der Waals surface area contributed by atoms with E-state index in [1.807, 2.05) is 65.6 Å². The molecule has 3 atom stereocenters. The fraction of sp³-hybridized carbons (Fsp3) is 0.250. The van der Waals surface area contributed by atoms with Gasteiger partial charge < -0.3 is 15.5 Å². The minimum atomic E-state index is -0.253. The van der Waals surface area contributed by atoms with Crippen molar-refractivity contribution in [3.8, 4) is 0 Å². The highest BCUT2D eigenvalue weighted by atomic mass is 35.5. The van der Waals surface area contributed by atoms with Crippen molar-refractivity contribution in [1.82, 2.24) is 4.98 Å². The van der Waals surface area contributed by atoms with Crippen molar-refractivity contribution in [2.24, 2.45) is 0 Å². The first-order valence-electron chi connectivity index (χ1n) is 13.2. The van der Waals surface area contributed by atoms with Crippen LogP contribution in [0.5, 0.6) is 0 Å². The number of nitrogens with zero attached hydrogens (tertiary/aromatic N) is 2. The number of rotatable bonds is 8. The van der Waals surface area contributed by atoms with Crippen LogP contribution in [0.15, 0.2) is 91.3 Å². The number of carbonyl (C=O) groups is 1. The van der Waals surface area contributed by atoms with E-state index >= 15 is 0 Å². The van der Waals surface area contributed by atoms with Crippen LogP contribution in [0.2, 0.25) is 5.02 Å². The highest BCUT2D eigenvalue weighted by Crippen LogP contribution is 2.40. The number of halogens is 1. The number of pyridine rings is 1. The lowest BCUT2D eigenvalue weighted by Crippen LogP contribution is -2.41. The Morgan fingerprint density at radius 3 is 2.29 bits per heavy atom. The highest BCUT2D eigenvalue weighted by Gasteiger charge is 2.35. The van der Waals surface area contributed by atoms with E-state index in [1.165, 1.54) is 0 Å². The molecule has 38 heavy (non-hydrogen) atoms. The quantitative estimate of drug-likeness (QED) is 0.247. The van der Waals surface area contributed by atoms with Crippen LogP contribution in [0.3, 0.4) is 0 Å². The number of carbonyl (C=O) groups excluding carboxylic acids is 1. The Hall–Kier alpha value is -3.83. The molecule has 2 N–H and O–H groups in total. The first-order chi connectivity index (χ1) is 18.4. The van der Waals surface area contributed by atoms with Crippen molar-refractivity contribution >= 4 is 34.6 Å². The number of anilines is 3. The van der Waals surface area contributed by atoms with Gasteiger partial charge >= 0.3 is 0 Å². The molecule has 0 spiro atoms. The predicted octanol–water partition coefficient (Wildman–Crippen LogP) is 7.80. The van der Waals surface area contributed by atoms with E-state index < -0.39 is 0 Å². The lowest BCUT2D eigenvalue weighted by molar-refractivity contribution is -0.118. The summed E-state index contributed by atoms with van der Waals surface area (Å²) in [6.45, 7) is 6.47. The monoisotopic (exact) mass is 524 g/mol. The molecule has 0 saturated carbocycles. The van der Waals surface area contributed by atoms with Crippen LogP contribution in [0, 0.1) is 0 Å². The molecule has 1 aliphatic rings. The lowest BCUT2D eigenvalue weighted by Gasteiger charge is -2.38. The number of benzene rings is 3. The fourth-order valence-corrected chi connectivity index (χ4v) is 5.11. The first-order valence-corrected chi connectivity index (χ1v) is 13.5. The Bertz CT molecular complexity index is 1390. The Labute approximate surface area is 229 Å². The van der Waals surface area contributed by atoms with Gasteiger partial charge in [0.05, 0.1) is 12.5 Å². The van der Waals surface area contributed by atoms with Crippen molar-refractivity contribution in [2.45, 2.75) is 51.7 Å². The largest absolute Gasteiger partial charge is 0.383 e. The second kappa shape index (κ2) is 11.3. The second-order valence-electron chi connectivity index (χ2n) is 9.96. The van der Waals surface area contributed by atoms with Crippen LogP contribution in [-0.2, 0) is 11.2 Å². The Kier molecular flexibility index (Phi) is 7.66. The summed E-state index contributed by atoms with van der Waals surface area (Å²) in [5, 5.41) is 7.81. The van der Waals surface area contributed by atoms with Gasteiger partial charge in [-0.1, -0.05) is 36.7 Å². The standard InChI is InChI=1S/C32H33ClN4O/c1-4-21(2)35-28-10-7-25-19-31(38)37(32(30(25)20-28)24-5-8-26(33)9-6-24)29-13-11-27(12-14-29)36-22(3)23-15-17-34-18-16-23/h5-18,20-22,32,35-36H,4,19H2,1-3H3. The number of hydrogen-bond acceptors (Lipinski definition) is 4. The number of fused-ring (bicyclic) bond motifs is 1. The van der Waals surface area contributed by atoms with Crippen molar-refractivity contribution < 1.29 is 4.79 Å². The van der Waals surface area contributed by atoms with Crippen molar-refractivity contribution in [3.63, 3.8) is 0 Å². The maximum Gasteiger partial charge on any atom is 0.232 e. The molecule has 3 aromatic carbocycles. The third-order valence-corrected chi connectivity index (χ3v) is 7.51.